The lowest BCUT2D eigenvalue weighted by Gasteiger charge is -2.16. The average Bonchev–Trinajstić information content (AvgIpc) is 2.56. The summed E-state index contributed by atoms with van der Waals surface area (Å²) in [7, 11) is 0. The van der Waals surface area contributed by atoms with Gasteiger partial charge in [0.2, 0.25) is 0 Å². The number of hydrogen-bond donors (Lipinski definition) is 0. The van der Waals surface area contributed by atoms with Crippen LogP contribution in [0.4, 0.5) is 0 Å². The van der Waals surface area contributed by atoms with Crippen LogP contribution in [0.1, 0.15) is 26.3 Å². The summed E-state index contributed by atoms with van der Waals surface area (Å²) in [6.45, 7) is 9.78. The molecule has 0 bridgehead atoms. The molecule has 0 saturated carbocycles. The van der Waals surface area contributed by atoms with E-state index in [0.717, 1.165) is 24.7 Å². The summed E-state index contributed by atoms with van der Waals surface area (Å²) in [5, 5.41) is 0.774. The zero-order valence-electron chi connectivity index (χ0n) is 13.6. The molecule has 0 spiro atoms. The molecule has 0 amide bonds. The molecule has 2 aromatic rings. The summed E-state index contributed by atoms with van der Waals surface area (Å²) in [5.74, 6) is 0. The molecular weight excluding hydrogens is 290 g/mol. The van der Waals surface area contributed by atoms with Crippen LogP contribution in [0.5, 0.6) is 0 Å². The normalized spacial score (nSPS) is 12.0. The predicted octanol–water partition coefficient (Wildman–Crippen LogP) is 5.75. The summed E-state index contributed by atoms with van der Waals surface area (Å²) in [6.07, 6.45) is 2.31. The molecule has 0 fully saturated rings. The summed E-state index contributed by atoms with van der Waals surface area (Å²) >= 11 is 5.94. The van der Waals surface area contributed by atoms with Gasteiger partial charge in [0, 0.05) is 11.6 Å². The second-order valence-corrected chi connectivity index (χ2v) is 5.89. The lowest BCUT2D eigenvalue weighted by atomic mass is 10.0. The van der Waals surface area contributed by atoms with Gasteiger partial charge in [-0.15, -0.1) is 0 Å². The van der Waals surface area contributed by atoms with Gasteiger partial charge in [0.15, 0.2) is 0 Å². The maximum Gasteiger partial charge on any atom is 0.0406 e. The highest BCUT2D eigenvalue weighted by Crippen LogP contribution is 2.23. The van der Waals surface area contributed by atoms with Crippen LogP contribution in [0.25, 0.3) is 16.7 Å². The maximum absolute atomic E-state index is 5.94. The van der Waals surface area contributed by atoms with Crippen LogP contribution >= 0.6 is 11.6 Å². The Morgan fingerprint density at radius 2 is 1.41 bits per heavy atom. The van der Waals surface area contributed by atoms with Crippen molar-refractivity contribution in [2.24, 2.45) is 0 Å². The Morgan fingerprint density at radius 3 is 1.91 bits per heavy atom. The second-order valence-electron chi connectivity index (χ2n) is 5.46. The molecule has 0 atom stereocenters. The monoisotopic (exact) mass is 313 g/mol. The van der Waals surface area contributed by atoms with Crippen LogP contribution < -0.4 is 0 Å². The van der Waals surface area contributed by atoms with E-state index in [1.807, 2.05) is 12.1 Å². The van der Waals surface area contributed by atoms with Gasteiger partial charge in [0.05, 0.1) is 0 Å². The third-order valence-corrected chi connectivity index (χ3v) is 4.32. The Kier molecular flexibility index (Phi) is 6.23. The number of benzene rings is 2. The first kappa shape index (κ1) is 16.8. The SMILES string of the molecule is CCN(CC)CC=C(C)c1ccc(-c2ccc(Cl)cc2)cc1. The first-order valence-corrected chi connectivity index (χ1v) is 8.27. The van der Waals surface area contributed by atoms with Crippen molar-refractivity contribution in [3.05, 3.63) is 65.2 Å². The van der Waals surface area contributed by atoms with Gasteiger partial charge in [0.25, 0.3) is 0 Å². The van der Waals surface area contributed by atoms with Crippen molar-refractivity contribution in [1.82, 2.24) is 4.90 Å². The number of rotatable bonds is 6. The summed E-state index contributed by atoms with van der Waals surface area (Å²) in [4.78, 5) is 2.41. The smallest absolute Gasteiger partial charge is 0.0406 e. The maximum atomic E-state index is 5.94. The molecule has 2 heteroatoms. The van der Waals surface area contributed by atoms with E-state index in [9.17, 15) is 0 Å². The van der Waals surface area contributed by atoms with Crippen LogP contribution in [0.3, 0.4) is 0 Å². The third kappa shape index (κ3) is 4.46. The first-order chi connectivity index (χ1) is 10.6. The van der Waals surface area contributed by atoms with Crippen molar-refractivity contribution in [2.45, 2.75) is 20.8 Å². The van der Waals surface area contributed by atoms with E-state index in [-0.39, 0.29) is 0 Å². The molecule has 0 N–H and O–H groups in total. The van der Waals surface area contributed by atoms with Crippen molar-refractivity contribution in [3.8, 4) is 11.1 Å². The number of hydrogen-bond acceptors (Lipinski definition) is 1. The lowest BCUT2D eigenvalue weighted by molar-refractivity contribution is 0.337. The van der Waals surface area contributed by atoms with Crippen molar-refractivity contribution in [2.75, 3.05) is 19.6 Å². The Bertz CT molecular complexity index is 607. The van der Waals surface area contributed by atoms with E-state index in [2.05, 4.69) is 68.1 Å². The molecular formula is C20H24ClN. The third-order valence-electron chi connectivity index (χ3n) is 4.07. The minimum Gasteiger partial charge on any atom is -0.300 e. The Morgan fingerprint density at radius 1 is 0.909 bits per heavy atom. The predicted molar refractivity (Wildman–Crippen MR) is 98.3 cm³/mol. The van der Waals surface area contributed by atoms with Crippen LogP contribution in [0.15, 0.2) is 54.6 Å². The highest BCUT2D eigenvalue weighted by Gasteiger charge is 2.01. The molecule has 22 heavy (non-hydrogen) atoms. The molecule has 0 saturated heterocycles. The Hall–Kier alpha value is -1.57. The Balaban J connectivity index is 2.11. The van der Waals surface area contributed by atoms with Gasteiger partial charge in [-0.1, -0.05) is 67.9 Å². The van der Waals surface area contributed by atoms with E-state index < -0.39 is 0 Å². The molecule has 0 aliphatic carbocycles. The molecule has 2 rings (SSSR count). The molecule has 0 aliphatic heterocycles. The summed E-state index contributed by atoms with van der Waals surface area (Å²) in [5.41, 5.74) is 5.03. The number of likely N-dealkylation sites (N-methyl/N-ethyl adjacent to an activating group) is 1. The Labute approximate surface area is 139 Å². The molecule has 116 valence electrons. The van der Waals surface area contributed by atoms with Gasteiger partial charge < -0.3 is 4.90 Å². The standard InChI is InChI=1S/C20H24ClN/c1-4-22(5-2)15-14-16(3)17-6-8-18(9-7-17)19-10-12-20(21)13-11-19/h6-14H,4-5,15H2,1-3H3. The van der Waals surface area contributed by atoms with Crippen LogP contribution in [0.2, 0.25) is 5.02 Å². The van der Waals surface area contributed by atoms with Gasteiger partial charge in [-0.25, -0.2) is 0 Å². The van der Waals surface area contributed by atoms with Gasteiger partial charge in [0.1, 0.15) is 0 Å². The van der Waals surface area contributed by atoms with Gasteiger partial charge in [-0.2, -0.15) is 0 Å². The second kappa shape index (κ2) is 8.17. The first-order valence-electron chi connectivity index (χ1n) is 7.89. The molecule has 0 heterocycles. The zero-order valence-corrected chi connectivity index (χ0v) is 14.4. The van der Waals surface area contributed by atoms with Gasteiger partial charge in [-0.05, 0) is 54.4 Å². The average molecular weight is 314 g/mol. The van der Waals surface area contributed by atoms with Crippen LogP contribution in [-0.2, 0) is 0 Å². The molecule has 2 aromatic carbocycles. The van der Waals surface area contributed by atoms with Crippen molar-refractivity contribution < 1.29 is 0 Å². The number of nitrogens with zero attached hydrogens (tertiary/aromatic N) is 1. The highest BCUT2D eigenvalue weighted by molar-refractivity contribution is 6.30. The number of allylic oxidation sites excluding steroid dienone is 1. The molecule has 0 radical (unpaired) electrons. The minimum atomic E-state index is 0.774. The largest absolute Gasteiger partial charge is 0.300 e. The molecule has 0 unspecified atom stereocenters. The van der Waals surface area contributed by atoms with Crippen molar-refractivity contribution in [3.63, 3.8) is 0 Å². The van der Waals surface area contributed by atoms with Crippen LogP contribution in [0, 0.1) is 0 Å². The van der Waals surface area contributed by atoms with Crippen LogP contribution in [-0.4, -0.2) is 24.5 Å². The summed E-state index contributed by atoms with van der Waals surface area (Å²) in [6, 6.07) is 16.7. The fraction of sp³-hybridized carbons (Fsp3) is 0.300. The fourth-order valence-electron chi connectivity index (χ4n) is 2.43. The van der Waals surface area contributed by atoms with Crippen molar-refractivity contribution >= 4 is 17.2 Å². The number of halogens is 1. The quantitative estimate of drug-likeness (QED) is 0.656. The topological polar surface area (TPSA) is 3.24 Å². The van der Waals surface area contributed by atoms with Gasteiger partial charge in [-0.3, -0.25) is 0 Å². The molecule has 1 nitrogen and oxygen atoms in total. The fourth-order valence-corrected chi connectivity index (χ4v) is 2.56. The van der Waals surface area contributed by atoms with Gasteiger partial charge >= 0.3 is 0 Å². The minimum absolute atomic E-state index is 0.774. The summed E-state index contributed by atoms with van der Waals surface area (Å²) < 4.78 is 0. The highest BCUT2D eigenvalue weighted by atomic mass is 35.5. The molecule has 0 aliphatic rings. The van der Waals surface area contributed by atoms with Crippen molar-refractivity contribution in [1.29, 1.82) is 0 Å². The van der Waals surface area contributed by atoms with E-state index in [1.54, 1.807) is 0 Å². The van der Waals surface area contributed by atoms with E-state index >= 15 is 0 Å². The van der Waals surface area contributed by atoms with E-state index in [0.29, 0.717) is 0 Å². The van der Waals surface area contributed by atoms with E-state index in [4.69, 9.17) is 11.6 Å². The lowest BCUT2D eigenvalue weighted by Crippen LogP contribution is -2.22. The van der Waals surface area contributed by atoms with E-state index in [1.165, 1.54) is 22.3 Å². The zero-order chi connectivity index (χ0) is 15.9. The molecule has 0 aromatic heterocycles.